The standard InChI is InChI=1S/C16H12BrFN2/c17-11-4-5-13(15(18)8-11)16(19)12-3-1-2-10-6-7-20-9-14(10)12/h1-9,16H,19H2. The summed E-state index contributed by atoms with van der Waals surface area (Å²) in [7, 11) is 0. The van der Waals surface area contributed by atoms with Gasteiger partial charge in [-0.2, -0.15) is 0 Å². The van der Waals surface area contributed by atoms with E-state index in [1.54, 1.807) is 24.5 Å². The molecular weight excluding hydrogens is 319 g/mol. The van der Waals surface area contributed by atoms with Crippen molar-refractivity contribution in [3.8, 4) is 0 Å². The van der Waals surface area contributed by atoms with Crippen LogP contribution in [0, 0.1) is 5.82 Å². The minimum atomic E-state index is -0.518. The van der Waals surface area contributed by atoms with E-state index < -0.39 is 6.04 Å². The highest BCUT2D eigenvalue weighted by atomic mass is 79.9. The Kier molecular flexibility index (Phi) is 3.51. The predicted octanol–water partition coefficient (Wildman–Crippen LogP) is 4.18. The number of aromatic nitrogens is 1. The minimum absolute atomic E-state index is 0.312. The van der Waals surface area contributed by atoms with Gasteiger partial charge >= 0.3 is 0 Å². The van der Waals surface area contributed by atoms with Crippen molar-refractivity contribution in [3.05, 3.63) is 76.3 Å². The topological polar surface area (TPSA) is 38.9 Å². The number of nitrogens with two attached hydrogens (primary N) is 1. The van der Waals surface area contributed by atoms with Crippen LogP contribution in [-0.2, 0) is 0 Å². The number of nitrogens with zero attached hydrogens (tertiary/aromatic N) is 1. The molecule has 0 aliphatic carbocycles. The summed E-state index contributed by atoms with van der Waals surface area (Å²) in [6, 6.07) is 12.2. The maximum Gasteiger partial charge on any atom is 0.129 e. The second-order valence-corrected chi connectivity index (χ2v) is 5.50. The Morgan fingerprint density at radius 3 is 2.75 bits per heavy atom. The van der Waals surface area contributed by atoms with E-state index in [2.05, 4.69) is 20.9 Å². The molecule has 1 heterocycles. The number of hydrogen-bond donors (Lipinski definition) is 1. The third-order valence-corrected chi connectivity index (χ3v) is 3.84. The van der Waals surface area contributed by atoms with Crippen molar-refractivity contribution in [3.63, 3.8) is 0 Å². The van der Waals surface area contributed by atoms with Crippen LogP contribution in [-0.4, -0.2) is 4.98 Å². The second kappa shape index (κ2) is 5.31. The summed E-state index contributed by atoms with van der Waals surface area (Å²) < 4.78 is 14.8. The Hall–Kier alpha value is -1.78. The fourth-order valence-electron chi connectivity index (χ4n) is 2.33. The summed E-state index contributed by atoms with van der Waals surface area (Å²) in [6.07, 6.45) is 3.50. The first kappa shape index (κ1) is 13.2. The zero-order valence-electron chi connectivity index (χ0n) is 10.6. The molecule has 0 amide bonds. The van der Waals surface area contributed by atoms with Crippen LogP contribution in [0.5, 0.6) is 0 Å². The lowest BCUT2D eigenvalue weighted by Gasteiger charge is -2.16. The molecule has 0 saturated carbocycles. The van der Waals surface area contributed by atoms with Crippen LogP contribution in [0.3, 0.4) is 0 Å². The second-order valence-electron chi connectivity index (χ2n) is 4.59. The Bertz CT molecular complexity index is 768. The number of rotatable bonds is 2. The molecule has 0 radical (unpaired) electrons. The van der Waals surface area contributed by atoms with E-state index in [0.717, 1.165) is 16.3 Å². The molecule has 0 aliphatic rings. The highest BCUT2D eigenvalue weighted by Crippen LogP contribution is 2.29. The van der Waals surface area contributed by atoms with E-state index in [4.69, 9.17) is 5.73 Å². The first-order valence-electron chi connectivity index (χ1n) is 6.20. The van der Waals surface area contributed by atoms with Crippen LogP contribution in [0.4, 0.5) is 4.39 Å². The largest absolute Gasteiger partial charge is 0.320 e. The molecule has 0 saturated heterocycles. The van der Waals surface area contributed by atoms with Gasteiger partial charge in [0.2, 0.25) is 0 Å². The van der Waals surface area contributed by atoms with Crippen LogP contribution in [0.2, 0.25) is 0 Å². The highest BCUT2D eigenvalue weighted by molar-refractivity contribution is 9.10. The van der Waals surface area contributed by atoms with Crippen molar-refractivity contribution < 1.29 is 4.39 Å². The molecule has 1 aromatic heterocycles. The molecule has 0 bridgehead atoms. The highest BCUT2D eigenvalue weighted by Gasteiger charge is 2.16. The number of fused-ring (bicyclic) bond motifs is 1. The van der Waals surface area contributed by atoms with Gasteiger partial charge < -0.3 is 5.73 Å². The molecule has 3 rings (SSSR count). The lowest BCUT2D eigenvalue weighted by molar-refractivity contribution is 0.599. The average molecular weight is 331 g/mol. The van der Waals surface area contributed by atoms with Gasteiger partial charge in [0.05, 0.1) is 6.04 Å². The number of pyridine rings is 1. The van der Waals surface area contributed by atoms with E-state index in [-0.39, 0.29) is 5.82 Å². The zero-order valence-corrected chi connectivity index (χ0v) is 12.1. The molecule has 4 heteroatoms. The Morgan fingerprint density at radius 2 is 1.95 bits per heavy atom. The molecule has 0 fully saturated rings. The smallest absolute Gasteiger partial charge is 0.129 e. The van der Waals surface area contributed by atoms with Gasteiger partial charge in [-0.15, -0.1) is 0 Å². The number of benzene rings is 2. The SMILES string of the molecule is NC(c1ccc(Br)cc1F)c1cccc2ccncc12. The quantitative estimate of drug-likeness (QED) is 0.765. The van der Waals surface area contributed by atoms with Crippen LogP contribution >= 0.6 is 15.9 Å². The van der Waals surface area contributed by atoms with E-state index in [1.807, 2.05) is 24.3 Å². The minimum Gasteiger partial charge on any atom is -0.320 e. The molecule has 2 aromatic carbocycles. The first-order chi connectivity index (χ1) is 9.66. The van der Waals surface area contributed by atoms with Crippen molar-refractivity contribution in [2.45, 2.75) is 6.04 Å². The Morgan fingerprint density at radius 1 is 1.10 bits per heavy atom. The van der Waals surface area contributed by atoms with Crippen molar-refractivity contribution in [1.82, 2.24) is 4.98 Å². The van der Waals surface area contributed by atoms with Crippen molar-refractivity contribution in [2.75, 3.05) is 0 Å². The number of halogens is 2. The molecule has 1 atom stereocenters. The molecular formula is C16H12BrFN2. The molecule has 100 valence electrons. The van der Waals surface area contributed by atoms with E-state index in [9.17, 15) is 4.39 Å². The molecule has 3 aromatic rings. The van der Waals surface area contributed by atoms with Crippen LogP contribution in [0.1, 0.15) is 17.2 Å². The van der Waals surface area contributed by atoms with Gasteiger partial charge in [0.15, 0.2) is 0 Å². The summed E-state index contributed by atoms with van der Waals surface area (Å²) in [5.74, 6) is -0.312. The monoisotopic (exact) mass is 330 g/mol. The summed E-state index contributed by atoms with van der Waals surface area (Å²) in [6.45, 7) is 0. The third-order valence-electron chi connectivity index (χ3n) is 3.35. The van der Waals surface area contributed by atoms with Gasteiger partial charge in [0, 0.05) is 27.8 Å². The van der Waals surface area contributed by atoms with Gasteiger partial charge in [0.25, 0.3) is 0 Å². The Balaban J connectivity index is 2.15. The van der Waals surface area contributed by atoms with Crippen LogP contribution in [0.25, 0.3) is 10.8 Å². The normalized spacial score (nSPS) is 12.6. The van der Waals surface area contributed by atoms with Crippen molar-refractivity contribution in [2.24, 2.45) is 5.73 Å². The lowest BCUT2D eigenvalue weighted by Crippen LogP contribution is -2.14. The Labute approximate surface area is 124 Å². The van der Waals surface area contributed by atoms with Gasteiger partial charge in [0.1, 0.15) is 5.82 Å². The van der Waals surface area contributed by atoms with E-state index in [0.29, 0.717) is 10.0 Å². The summed E-state index contributed by atoms with van der Waals surface area (Å²) in [5.41, 5.74) is 7.60. The van der Waals surface area contributed by atoms with E-state index >= 15 is 0 Å². The fraction of sp³-hybridized carbons (Fsp3) is 0.0625. The predicted molar refractivity (Wildman–Crippen MR) is 81.9 cm³/mol. The summed E-state index contributed by atoms with van der Waals surface area (Å²) in [4.78, 5) is 4.13. The molecule has 2 N–H and O–H groups in total. The van der Waals surface area contributed by atoms with Gasteiger partial charge in [-0.1, -0.05) is 40.2 Å². The van der Waals surface area contributed by atoms with Gasteiger partial charge in [-0.3, -0.25) is 4.98 Å². The molecule has 0 spiro atoms. The lowest BCUT2D eigenvalue weighted by atomic mass is 9.95. The van der Waals surface area contributed by atoms with Gasteiger partial charge in [-0.05, 0) is 29.1 Å². The van der Waals surface area contributed by atoms with E-state index in [1.165, 1.54) is 6.07 Å². The first-order valence-corrected chi connectivity index (χ1v) is 6.99. The summed E-state index contributed by atoms with van der Waals surface area (Å²) in [5, 5.41) is 2.00. The fourth-order valence-corrected chi connectivity index (χ4v) is 2.66. The zero-order chi connectivity index (χ0) is 14.1. The van der Waals surface area contributed by atoms with Gasteiger partial charge in [-0.25, -0.2) is 4.39 Å². The van der Waals surface area contributed by atoms with Crippen molar-refractivity contribution in [1.29, 1.82) is 0 Å². The molecule has 2 nitrogen and oxygen atoms in total. The molecule has 0 aliphatic heterocycles. The molecule has 20 heavy (non-hydrogen) atoms. The maximum atomic E-state index is 14.1. The number of hydrogen-bond acceptors (Lipinski definition) is 2. The van der Waals surface area contributed by atoms with Crippen LogP contribution in [0.15, 0.2) is 59.3 Å². The van der Waals surface area contributed by atoms with Crippen LogP contribution < -0.4 is 5.73 Å². The maximum absolute atomic E-state index is 14.1. The molecule has 1 unspecified atom stereocenters. The summed E-state index contributed by atoms with van der Waals surface area (Å²) >= 11 is 3.25. The third kappa shape index (κ3) is 2.32. The van der Waals surface area contributed by atoms with Crippen molar-refractivity contribution >= 4 is 26.7 Å². The average Bonchev–Trinajstić information content (AvgIpc) is 2.46.